The van der Waals surface area contributed by atoms with Crippen molar-refractivity contribution in [2.45, 2.75) is 32.9 Å². The van der Waals surface area contributed by atoms with Gasteiger partial charge in [-0.25, -0.2) is 4.98 Å². The number of rotatable bonds is 5. The SMILES string of the molecule is CC[C@@H](Cn1ccnc1)NC(=O)c1ccn(C)c1C. The van der Waals surface area contributed by atoms with Crippen molar-refractivity contribution < 1.29 is 4.79 Å². The van der Waals surface area contributed by atoms with Crippen LogP contribution >= 0.6 is 0 Å². The van der Waals surface area contributed by atoms with E-state index in [0.29, 0.717) is 0 Å². The molecule has 0 unspecified atom stereocenters. The highest BCUT2D eigenvalue weighted by atomic mass is 16.1. The minimum absolute atomic E-state index is 0.00920. The Morgan fingerprint density at radius 1 is 1.47 bits per heavy atom. The van der Waals surface area contributed by atoms with Gasteiger partial charge in [0.2, 0.25) is 0 Å². The Labute approximate surface area is 113 Å². The smallest absolute Gasteiger partial charge is 0.253 e. The second-order valence-corrected chi connectivity index (χ2v) is 4.76. The van der Waals surface area contributed by atoms with E-state index in [-0.39, 0.29) is 11.9 Å². The standard InChI is InChI=1S/C14H20N4O/c1-4-12(9-18-8-6-15-10-18)16-14(19)13-5-7-17(3)11(13)2/h5-8,10,12H,4,9H2,1-3H3,(H,16,19)/t12-/m0/s1. The second kappa shape index (κ2) is 5.73. The maximum atomic E-state index is 12.2. The molecule has 0 saturated heterocycles. The molecular formula is C14H20N4O. The molecule has 1 N–H and O–H groups in total. The number of carbonyl (C=O) groups is 1. The van der Waals surface area contributed by atoms with Crippen LogP contribution in [0.3, 0.4) is 0 Å². The van der Waals surface area contributed by atoms with Crippen LogP contribution in [0.25, 0.3) is 0 Å². The molecule has 2 aromatic rings. The molecule has 19 heavy (non-hydrogen) atoms. The van der Waals surface area contributed by atoms with Crippen molar-refractivity contribution in [3.63, 3.8) is 0 Å². The summed E-state index contributed by atoms with van der Waals surface area (Å²) in [6.45, 7) is 4.76. The molecular weight excluding hydrogens is 240 g/mol. The lowest BCUT2D eigenvalue weighted by Crippen LogP contribution is -2.37. The number of imidazole rings is 1. The number of hydrogen-bond donors (Lipinski definition) is 1. The molecule has 0 bridgehead atoms. The summed E-state index contributed by atoms with van der Waals surface area (Å²) >= 11 is 0. The molecule has 5 nitrogen and oxygen atoms in total. The summed E-state index contributed by atoms with van der Waals surface area (Å²) in [5, 5.41) is 3.07. The second-order valence-electron chi connectivity index (χ2n) is 4.76. The molecule has 2 heterocycles. The van der Waals surface area contributed by atoms with Gasteiger partial charge in [0.25, 0.3) is 5.91 Å². The molecule has 0 spiro atoms. The van der Waals surface area contributed by atoms with Crippen LogP contribution in [0.1, 0.15) is 29.4 Å². The van der Waals surface area contributed by atoms with Gasteiger partial charge in [0, 0.05) is 43.9 Å². The van der Waals surface area contributed by atoms with Crippen LogP contribution in [-0.4, -0.2) is 26.1 Å². The molecule has 1 atom stereocenters. The number of hydrogen-bond acceptors (Lipinski definition) is 2. The van der Waals surface area contributed by atoms with E-state index in [0.717, 1.165) is 24.2 Å². The number of nitrogens with one attached hydrogen (secondary N) is 1. The fourth-order valence-corrected chi connectivity index (χ4v) is 2.04. The van der Waals surface area contributed by atoms with Gasteiger partial charge in [-0.15, -0.1) is 0 Å². The van der Waals surface area contributed by atoms with Gasteiger partial charge in [-0.2, -0.15) is 0 Å². The zero-order valence-electron chi connectivity index (χ0n) is 11.6. The predicted molar refractivity (Wildman–Crippen MR) is 73.9 cm³/mol. The first-order valence-corrected chi connectivity index (χ1v) is 6.50. The molecule has 0 aromatic carbocycles. The van der Waals surface area contributed by atoms with Crippen LogP contribution in [0, 0.1) is 6.92 Å². The monoisotopic (exact) mass is 260 g/mol. The molecule has 1 amide bonds. The van der Waals surface area contributed by atoms with E-state index in [1.165, 1.54) is 0 Å². The van der Waals surface area contributed by atoms with E-state index in [1.54, 1.807) is 12.5 Å². The maximum absolute atomic E-state index is 12.2. The molecule has 102 valence electrons. The summed E-state index contributed by atoms with van der Waals surface area (Å²) < 4.78 is 3.93. The molecule has 2 rings (SSSR count). The van der Waals surface area contributed by atoms with Crippen LogP contribution in [0.5, 0.6) is 0 Å². The fourth-order valence-electron chi connectivity index (χ4n) is 2.04. The summed E-state index contributed by atoms with van der Waals surface area (Å²) in [4.78, 5) is 16.2. The molecule has 0 radical (unpaired) electrons. The first-order valence-electron chi connectivity index (χ1n) is 6.50. The summed E-state index contributed by atoms with van der Waals surface area (Å²) in [6, 6.07) is 1.97. The average molecular weight is 260 g/mol. The highest BCUT2D eigenvalue weighted by Crippen LogP contribution is 2.09. The van der Waals surface area contributed by atoms with Crippen molar-refractivity contribution in [3.8, 4) is 0 Å². The van der Waals surface area contributed by atoms with E-state index >= 15 is 0 Å². The third-order valence-electron chi connectivity index (χ3n) is 3.45. The number of aromatic nitrogens is 3. The van der Waals surface area contributed by atoms with Crippen molar-refractivity contribution in [1.82, 2.24) is 19.4 Å². The quantitative estimate of drug-likeness (QED) is 0.890. The van der Waals surface area contributed by atoms with Crippen LogP contribution in [0.4, 0.5) is 0 Å². The summed E-state index contributed by atoms with van der Waals surface area (Å²) in [6.07, 6.45) is 8.21. The number of carbonyl (C=O) groups excluding carboxylic acids is 1. The van der Waals surface area contributed by atoms with Gasteiger partial charge >= 0.3 is 0 Å². The number of nitrogens with zero attached hydrogens (tertiary/aromatic N) is 3. The van der Waals surface area contributed by atoms with Crippen molar-refractivity contribution >= 4 is 5.91 Å². The van der Waals surface area contributed by atoms with Crippen LogP contribution < -0.4 is 5.32 Å². The van der Waals surface area contributed by atoms with Crippen LogP contribution in [0.15, 0.2) is 31.0 Å². The minimum Gasteiger partial charge on any atom is -0.354 e. The zero-order valence-corrected chi connectivity index (χ0v) is 11.6. The molecule has 0 saturated carbocycles. The number of amides is 1. The lowest BCUT2D eigenvalue weighted by atomic mass is 10.2. The van der Waals surface area contributed by atoms with E-state index in [1.807, 2.05) is 41.6 Å². The zero-order chi connectivity index (χ0) is 13.8. The van der Waals surface area contributed by atoms with Crippen molar-refractivity contribution in [2.24, 2.45) is 7.05 Å². The minimum atomic E-state index is -0.00920. The predicted octanol–water partition coefficient (Wildman–Crippen LogP) is 1.74. The maximum Gasteiger partial charge on any atom is 0.253 e. The van der Waals surface area contributed by atoms with Gasteiger partial charge in [0.15, 0.2) is 0 Å². The van der Waals surface area contributed by atoms with Crippen LogP contribution in [-0.2, 0) is 13.6 Å². The van der Waals surface area contributed by atoms with Gasteiger partial charge < -0.3 is 14.5 Å². The van der Waals surface area contributed by atoms with E-state index in [9.17, 15) is 4.79 Å². The lowest BCUT2D eigenvalue weighted by Gasteiger charge is -2.17. The van der Waals surface area contributed by atoms with Gasteiger partial charge in [0.1, 0.15) is 0 Å². The van der Waals surface area contributed by atoms with Gasteiger partial charge in [-0.3, -0.25) is 4.79 Å². The van der Waals surface area contributed by atoms with Gasteiger partial charge in [-0.1, -0.05) is 6.92 Å². The molecule has 5 heteroatoms. The third kappa shape index (κ3) is 3.05. The topological polar surface area (TPSA) is 51.9 Å². The van der Waals surface area contributed by atoms with Gasteiger partial charge in [0.05, 0.1) is 11.9 Å². The lowest BCUT2D eigenvalue weighted by molar-refractivity contribution is 0.0931. The Morgan fingerprint density at radius 2 is 2.26 bits per heavy atom. The highest BCUT2D eigenvalue weighted by Gasteiger charge is 2.15. The molecule has 0 aliphatic rings. The molecule has 0 aliphatic heterocycles. The Balaban J connectivity index is 2.02. The summed E-state index contributed by atoms with van der Waals surface area (Å²) in [5.41, 5.74) is 1.72. The summed E-state index contributed by atoms with van der Waals surface area (Å²) in [7, 11) is 1.94. The Hall–Kier alpha value is -2.04. The molecule has 0 fully saturated rings. The van der Waals surface area contributed by atoms with E-state index < -0.39 is 0 Å². The van der Waals surface area contributed by atoms with Gasteiger partial charge in [-0.05, 0) is 19.4 Å². The Morgan fingerprint density at radius 3 is 2.79 bits per heavy atom. The van der Waals surface area contributed by atoms with Crippen molar-refractivity contribution in [2.75, 3.05) is 0 Å². The highest BCUT2D eigenvalue weighted by molar-refractivity contribution is 5.95. The normalized spacial score (nSPS) is 12.4. The van der Waals surface area contributed by atoms with Crippen LogP contribution in [0.2, 0.25) is 0 Å². The Kier molecular flexibility index (Phi) is 4.04. The first-order chi connectivity index (χ1) is 9.11. The number of aryl methyl sites for hydroxylation is 1. The van der Waals surface area contributed by atoms with Crippen molar-refractivity contribution in [3.05, 3.63) is 42.2 Å². The third-order valence-corrected chi connectivity index (χ3v) is 3.45. The summed E-state index contributed by atoms with van der Waals surface area (Å²) in [5.74, 6) is -0.00920. The molecule has 0 aliphatic carbocycles. The fraction of sp³-hybridized carbons (Fsp3) is 0.429. The average Bonchev–Trinajstić information content (AvgIpc) is 3.00. The largest absolute Gasteiger partial charge is 0.354 e. The Bertz CT molecular complexity index is 542. The van der Waals surface area contributed by atoms with E-state index in [2.05, 4.69) is 17.2 Å². The van der Waals surface area contributed by atoms with Crippen molar-refractivity contribution in [1.29, 1.82) is 0 Å². The van der Waals surface area contributed by atoms with E-state index in [4.69, 9.17) is 0 Å². The first kappa shape index (κ1) is 13.4. The molecule has 2 aromatic heterocycles.